The molecule has 2 aliphatic rings. The molecule has 2 saturated heterocycles. The molecular formula is C16H25N3O3. The molecule has 0 bridgehead atoms. The van der Waals surface area contributed by atoms with E-state index in [9.17, 15) is 4.79 Å². The van der Waals surface area contributed by atoms with Crippen molar-refractivity contribution in [2.24, 2.45) is 5.73 Å². The zero-order valence-corrected chi connectivity index (χ0v) is 13.2. The van der Waals surface area contributed by atoms with Gasteiger partial charge >= 0.3 is 0 Å². The number of nitrogens with zero attached hydrogens (tertiary/aromatic N) is 1. The van der Waals surface area contributed by atoms with Crippen LogP contribution in [0.5, 0.6) is 0 Å². The van der Waals surface area contributed by atoms with E-state index in [1.54, 1.807) is 6.07 Å². The van der Waals surface area contributed by atoms with E-state index >= 15 is 0 Å². The van der Waals surface area contributed by atoms with Gasteiger partial charge in [-0.05, 0) is 18.9 Å². The van der Waals surface area contributed by atoms with Gasteiger partial charge in [-0.25, -0.2) is 0 Å². The van der Waals surface area contributed by atoms with E-state index in [4.69, 9.17) is 14.9 Å². The van der Waals surface area contributed by atoms with Gasteiger partial charge in [-0.15, -0.1) is 0 Å². The summed E-state index contributed by atoms with van der Waals surface area (Å²) in [6.45, 7) is 7.56. The highest BCUT2D eigenvalue weighted by Crippen LogP contribution is 2.29. The molecule has 3 N–H and O–H groups in total. The van der Waals surface area contributed by atoms with Crippen molar-refractivity contribution in [2.45, 2.75) is 38.3 Å². The first-order valence-corrected chi connectivity index (χ1v) is 8.10. The Bertz CT molecular complexity index is 525. The number of piperidine rings is 1. The lowest BCUT2D eigenvalue weighted by molar-refractivity contribution is -0.100. The van der Waals surface area contributed by atoms with E-state index in [1.165, 1.54) is 0 Å². The number of nitrogens with one attached hydrogen (secondary N) is 1. The molecule has 6 nitrogen and oxygen atoms in total. The molecule has 3 rings (SSSR count). The second-order valence-electron chi connectivity index (χ2n) is 6.26. The Morgan fingerprint density at radius 1 is 1.45 bits per heavy atom. The molecule has 0 radical (unpaired) electrons. The van der Waals surface area contributed by atoms with Crippen LogP contribution in [0.3, 0.4) is 0 Å². The van der Waals surface area contributed by atoms with Gasteiger partial charge in [0, 0.05) is 44.7 Å². The van der Waals surface area contributed by atoms with Crippen molar-refractivity contribution in [3.05, 3.63) is 23.2 Å². The number of aryl methyl sites for hydroxylation is 1. The number of hydrogen-bond donors (Lipinski definition) is 2. The third kappa shape index (κ3) is 3.19. The average molecular weight is 307 g/mol. The number of rotatable bonds is 4. The Morgan fingerprint density at radius 3 is 2.82 bits per heavy atom. The van der Waals surface area contributed by atoms with Gasteiger partial charge in [-0.1, -0.05) is 6.92 Å². The van der Waals surface area contributed by atoms with Crippen LogP contribution in [0.4, 0.5) is 0 Å². The summed E-state index contributed by atoms with van der Waals surface area (Å²) in [5.41, 5.74) is 6.41. The van der Waals surface area contributed by atoms with Crippen molar-refractivity contribution in [1.29, 1.82) is 0 Å². The molecule has 1 spiro atoms. The Labute approximate surface area is 131 Å². The number of likely N-dealkylation sites (tertiary alicyclic amines) is 1. The Morgan fingerprint density at radius 2 is 2.23 bits per heavy atom. The summed E-state index contributed by atoms with van der Waals surface area (Å²) in [5.74, 6) is 0.630. The zero-order chi connectivity index (χ0) is 15.6. The first-order valence-electron chi connectivity index (χ1n) is 8.10. The summed E-state index contributed by atoms with van der Waals surface area (Å²) < 4.78 is 11.6. The minimum Gasteiger partial charge on any atom is -0.456 e. The van der Waals surface area contributed by atoms with Crippen LogP contribution in [-0.2, 0) is 17.7 Å². The molecule has 6 heteroatoms. The average Bonchev–Trinajstić information content (AvgIpc) is 2.94. The van der Waals surface area contributed by atoms with E-state index in [0.717, 1.165) is 69.9 Å². The number of carbonyl (C=O) groups is 1. The molecule has 1 aromatic heterocycles. The summed E-state index contributed by atoms with van der Waals surface area (Å²) >= 11 is 0. The summed E-state index contributed by atoms with van der Waals surface area (Å²) in [5, 5.41) is 3.43. The zero-order valence-electron chi connectivity index (χ0n) is 13.2. The van der Waals surface area contributed by atoms with Crippen LogP contribution in [0.1, 0.15) is 41.6 Å². The number of carbonyl (C=O) groups excluding carboxylic acids is 1. The molecule has 0 saturated carbocycles. The largest absolute Gasteiger partial charge is 0.456 e. The van der Waals surface area contributed by atoms with Crippen molar-refractivity contribution < 1.29 is 13.9 Å². The first-order chi connectivity index (χ1) is 10.6. The summed E-state index contributed by atoms with van der Waals surface area (Å²) in [4.78, 5) is 13.7. The molecule has 122 valence electrons. The van der Waals surface area contributed by atoms with Crippen LogP contribution >= 0.6 is 0 Å². The SMILES string of the molecule is CCc1oc(C(N)=O)cc1CN1CCC2(CC1)CNCCO2. The number of amides is 1. The summed E-state index contributed by atoms with van der Waals surface area (Å²) in [7, 11) is 0. The van der Waals surface area contributed by atoms with Crippen molar-refractivity contribution in [3.63, 3.8) is 0 Å². The van der Waals surface area contributed by atoms with Gasteiger partial charge < -0.3 is 20.2 Å². The molecule has 22 heavy (non-hydrogen) atoms. The fourth-order valence-electron chi connectivity index (χ4n) is 3.41. The number of ether oxygens (including phenoxy) is 1. The van der Waals surface area contributed by atoms with Crippen LogP contribution in [0.2, 0.25) is 0 Å². The number of furan rings is 1. The maximum Gasteiger partial charge on any atom is 0.284 e. The van der Waals surface area contributed by atoms with E-state index in [1.807, 2.05) is 6.92 Å². The number of morpholine rings is 1. The highest BCUT2D eigenvalue weighted by atomic mass is 16.5. The number of hydrogen-bond acceptors (Lipinski definition) is 5. The number of nitrogens with two attached hydrogens (primary N) is 1. The van der Waals surface area contributed by atoms with Gasteiger partial charge in [-0.2, -0.15) is 0 Å². The lowest BCUT2D eigenvalue weighted by Gasteiger charge is -2.44. The monoisotopic (exact) mass is 307 g/mol. The van der Waals surface area contributed by atoms with Crippen LogP contribution in [0.15, 0.2) is 10.5 Å². The van der Waals surface area contributed by atoms with Gasteiger partial charge in [0.2, 0.25) is 0 Å². The normalized spacial score (nSPS) is 22.0. The van der Waals surface area contributed by atoms with Crippen LogP contribution < -0.4 is 11.1 Å². The van der Waals surface area contributed by atoms with Crippen molar-refractivity contribution in [2.75, 3.05) is 32.8 Å². The van der Waals surface area contributed by atoms with Crippen LogP contribution in [0, 0.1) is 0 Å². The fourth-order valence-corrected chi connectivity index (χ4v) is 3.41. The quantitative estimate of drug-likeness (QED) is 0.863. The van der Waals surface area contributed by atoms with Crippen LogP contribution in [-0.4, -0.2) is 49.2 Å². The molecule has 3 heterocycles. The van der Waals surface area contributed by atoms with Crippen molar-refractivity contribution >= 4 is 5.91 Å². The molecule has 0 atom stereocenters. The lowest BCUT2D eigenvalue weighted by atomic mass is 9.90. The number of primary amides is 1. The Balaban J connectivity index is 1.61. The van der Waals surface area contributed by atoms with Gasteiger partial charge in [0.25, 0.3) is 5.91 Å². The highest BCUT2D eigenvalue weighted by Gasteiger charge is 2.37. The predicted molar refractivity (Wildman–Crippen MR) is 82.7 cm³/mol. The lowest BCUT2D eigenvalue weighted by Crippen LogP contribution is -2.55. The minimum atomic E-state index is -0.500. The second-order valence-corrected chi connectivity index (χ2v) is 6.26. The third-order valence-electron chi connectivity index (χ3n) is 4.76. The second kappa shape index (κ2) is 6.40. The Kier molecular flexibility index (Phi) is 4.52. The Hall–Kier alpha value is -1.37. The molecule has 0 unspecified atom stereocenters. The maximum atomic E-state index is 11.3. The molecule has 2 fully saturated rings. The topological polar surface area (TPSA) is 80.7 Å². The highest BCUT2D eigenvalue weighted by molar-refractivity contribution is 5.90. The summed E-state index contributed by atoms with van der Waals surface area (Å²) in [6, 6.07) is 1.80. The van der Waals surface area contributed by atoms with E-state index < -0.39 is 5.91 Å². The van der Waals surface area contributed by atoms with Crippen LogP contribution in [0.25, 0.3) is 0 Å². The van der Waals surface area contributed by atoms with E-state index in [-0.39, 0.29) is 11.4 Å². The fraction of sp³-hybridized carbons (Fsp3) is 0.688. The predicted octanol–water partition coefficient (Wildman–Crippen LogP) is 0.895. The smallest absolute Gasteiger partial charge is 0.284 e. The van der Waals surface area contributed by atoms with Gasteiger partial charge in [0.05, 0.1) is 12.2 Å². The molecule has 2 aliphatic heterocycles. The van der Waals surface area contributed by atoms with Gasteiger partial charge in [0.15, 0.2) is 5.76 Å². The molecule has 0 aromatic carbocycles. The van der Waals surface area contributed by atoms with Crippen molar-refractivity contribution in [1.82, 2.24) is 10.2 Å². The van der Waals surface area contributed by atoms with E-state index in [2.05, 4.69) is 10.2 Å². The molecule has 1 aromatic rings. The standard InChI is InChI=1S/C16H25N3O3/c1-2-13-12(9-14(22-13)15(17)20)10-19-6-3-16(4-7-19)11-18-5-8-21-16/h9,18H,2-8,10-11H2,1H3,(H2,17,20). The third-order valence-corrected chi connectivity index (χ3v) is 4.76. The molecule has 0 aliphatic carbocycles. The van der Waals surface area contributed by atoms with Crippen molar-refractivity contribution in [3.8, 4) is 0 Å². The summed E-state index contributed by atoms with van der Waals surface area (Å²) in [6.07, 6.45) is 2.86. The van der Waals surface area contributed by atoms with Gasteiger partial charge in [0.1, 0.15) is 5.76 Å². The molecule has 1 amide bonds. The maximum absolute atomic E-state index is 11.3. The first kappa shape index (κ1) is 15.5. The van der Waals surface area contributed by atoms with E-state index in [0.29, 0.717) is 0 Å². The minimum absolute atomic E-state index is 0.0249. The van der Waals surface area contributed by atoms with Gasteiger partial charge in [-0.3, -0.25) is 9.69 Å². The molecular weight excluding hydrogens is 282 g/mol.